The first kappa shape index (κ1) is 15.8. The lowest BCUT2D eigenvalue weighted by Gasteiger charge is -2.05. The molecule has 1 unspecified atom stereocenters. The van der Waals surface area contributed by atoms with E-state index in [1.54, 1.807) is 19.5 Å². The van der Waals surface area contributed by atoms with Gasteiger partial charge in [-0.1, -0.05) is 24.1 Å². The molecule has 1 atom stereocenters. The zero-order valence-corrected chi connectivity index (χ0v) is 13.4. The van der Waals surface area contributed by atoms with Gasteiger partial charge in [0.2, 0.25) is 5.82 Å². The van der Waals surface area contributed by atoms with Gasteiger partial charge in [0.1, 0.15) is 17.5 Å². The SMILES string of the molecule is CCC(OC)c1nc(-c2ccc(C#Cc3ccccn3)cn2)no1. The van der Waals surface area contributed by atoms with Gasteiger partial charge in [-0.15, -0.1) is 0 Å². The van der Waals surface area contributed by atoms with Crippen LogP contribution in [0.4, 0.5) is 0 Å². The molecule has 0 saturated heterocycles. The molecule has 0 saturated carbocycles. The van der Waals surface area contributed by atoms with Crippen molar-refractivity contribution in [2.75, 3.05) is 7.11 Å². The Morgan fingerprint density at radius 1 is 1.17 bits per heavy atom. The second-order valence-electron chi connectivity index (χ2n) is 4.99. The van der Waals surface area contributed by atoms with Crippen LogP contribution in [-0.2, 0) is 4.74 Å². The number of rotatable bonds is 4. The van der Waals surface area contributed by atoms with Gasteiger partial charge >= 0.3 is 0 Å². The highest BCUT2D eigenvalue weighted by molar-refractivity contribution is 5.50. The lowest BCUT2D eigenvalue weighted by atomic mass is 10.2. The van der Waals surface area contributed by atoms with E-state index in [9.17, 15) is 0 Å². The fourth-order valence-corrected chi connectivity index (χ4v) is 2.09. The molecular formula is C18H16N4O2. The van der Waals surface area contributed by atoms with Crippen LogP contribution in [0.2, 0.25) is 0 Å². The van der Waals surface area contributed by atoms with Gasteiger partial charge in [0.25, 0.3) is 5.89 Å². The Morgan fingerprint density at radius 3 is 2.75 bits per heavy atom. The molecule has 0 aliphatic carbocycles. The van der Waals surface area contributed by atoms with Crippen LogP contribution in [0.5, 0.6) is 0 Å². The maximum Gasteiger partial charge on any atom is 0.256 e. The van der Waals surface area contributed by atoms with Crippen molar-refractivity contribution in [3.63, 3.8) is 0 Å². The zero-order chi connectivity index (χ0) is 16.8. The first-order valence-corrected chi connectivity index (χ1v) is 7.56. The largest absolute Gasteiger partial charge is 0.372 e. The fourth-order valence-electron chi connectivity index (χ4n) is 2.09. The van der Waals surface area contributed by atoms with Crippen LogP contribution in [0, 0.1) is 11.8 Å². The van der Waals surface area contributed by atoms with Gasteiger partial charge in [0.05, 0.1) is 0 Å². The Balaban J connectivity index is 1.77. The summed E-state index contributed by atoms with van der Waals surface area (Å²) in [4.78, 5) is 12.8. The Kier molecular flexibility index (Phi) is 4.94. The van der Waals surface area contributed by atoms with Crippen LogP contribution in [-0.4, -0.2) is 27.2 Å². The molecule has 0 bridgehead atoms. The standard InChI is InChI=1S/C18H16N4O2/c1-3-16(23-2)18-21-17(22-24-18)15-10-8-13(12-20-15)7-9-14-6-4-5-11-19-14/h4-6,8,10-12,16H,3H2,1-2H3. The topological polar surface area (TPSA) is 73.9 Å². The van der Waals surface area contributed by atoms with Gasteiger partial charge < -0.3 is 9.26 Å². The molecule has 3 heterocycles. The van der Waals surface area contributed by atoms with Crippen LogP contribution in [0.1, 0.15) is 36.6 Å². The Bertz CT molecular complexity index is 844. The van der Waals surface area contributed by atoms with Crippen molar-refractivity contribution in [1.29, 1.82) is 0 Å². The molecule has 120 valence electrons. The van der Waals surface area contributed by atoms with E-state index in [4.69, 9.17) is 9.26 Å². The smallest absolute Gasteiger partial charge is 0.256 e. The molecule has 3 aromatic rings. The third kappa shape index (κ3) is 3.65. The molecule has 0 N–H and O–H groups in total. The van der Waals surface area contributed by atoms with E-state index >= 15 is 0 Å². The maximum absolute atomic E-state index is 5.29. The molecule has 6 heteroatoms. The first-order valence-electron chi connectivity index (χ1n) is 7.56. The molecule has 0 radical (unpaired) electrons. The van der Waals surface area contributed by atoms with Gasteiger partial charge in [-0.2, -0.15) is 4.98 Å². The summed E-state index contributed by atoms with van der Waals surface area (Å²) in [6.45, 7) is 1.99. The number of nitrogens with zero attached hydrogens (tertiary/aromatic N) is 4. The molecule has 0 spiro atoms. The minimum Gasteiger partial charge on any atom is -0.372 e. The van der Waals surface area contributed by atoms with Gasteiger partial charge in [-0.3, -0.25) is 4.98 Å². The molecule has 3 aromatic heterocycles. The number of methoxy groups -OCH3 is 1. The highest BCUT2D eigenvalue weighted by atomic mass is 16.5. The van der Waals surface area contributed by atoms with Crippen molar-refractivity contribution in [3.05, 3.63) is 59.9 Å². The number of ether oxygens (including phenoxy) is 1. The van der Waals surface area contributed by atoms with Crippen LogP contribution < -0.4 is 0 Å². The highest BCUT2D eigenvalue weighted by Crippen LogP contribution is 2.21. The normalized spacial score (nSPS) is 11.6. The minimum atomic E-state index is -0.199. The van der Waals surface area contributed by atoms with E-state index < -0.39 is 0 Å². The van der Waals surface area contributed by atoms with E-state index in [0.717, 1.165) is 17.7 Å². The van der Waals surface area contributed by atoms with E-state index in [1.165, 1.54) is 0 Å². The number of aromatic nitrogens is 4. The first-order chi connectivity index (χ1) is 11.8. The lowest BCUT2D eigenvalue weighted by molar-refractivity contribution is 0.0706. The van der Waals surface area contributed by atoms with Gasteiger partial charge in [0.15, 0.2) is 0 Å². The molecule has 0 aliphatic rings. The Labute approximate surface area is 139 Å². The quantitative estimate of drug-likeness (QED) is 0.688. The van der Waals surface area contributed by atoms with Crippen LogP contribution >= 0.6 is 0 Å². The molecular weight excluding hydrogens is 304 g/mol. The summed E-state index contributed by atoms with van der Waals surface area (Å²) >= 11 is 0. The highest BCUT2D eigenvalue weighted by Gasteiger charge is 2.17. The monoisotopic (exact) mass is 320 g/mol. The number of pyridine rings is 2. The lowest BCUT2D eigenvalue weighted by Crippen LogP contribution is -1.99. The summed E-state index contributed by atoms with van der Waals surface area (Å²) < 4.78 is 10.5. The Morgan fingerprint density at radius 2 is 2.08 bits per heavy atom. The molecule has 3 rings (SSSR count). The molecule has 0 aliphatic heterocycles. The van der Waals surface area contributed by atoms with Crippen molar-refractivity contribution in [2.45, 2.75) is 19.4 Å². The zero-order valence-electron chi connectivity index (χ0n) is 13.4. The summed E-state index contributed by atoms with van der Waals surface area (Å²) in [6.07, 6.45) is 3.94. The number of hydrogen-bond acceptors (Lipinski definition) is 6. The minimum absolute atomic E-state index is 0.199. The predicted molar refractivity (Wildman–Crippen MR) is 87.8 cm³/mol. The average molecular weight is 320 g/mol. The molecule has 0 amide bonds. The summed E-state index contributed by atoms with van der Waals surface area (Å²) in [7, 11) is 1.62. The van der Waals surface area contributed by atoms with Crippen molar-refractivity contribution in [2.24, 2.45) is 0 Å². The van der Waals surface area contributed by atoms with Gasteiger partial charge in [-0.05, 0) is 36.6 Å². The summed E-state index contributed by atoms with van der Waals surface area (Å²) in [5.74, 6) is 6.90. The van der Waals surface area contributed by atoms with Crippen molar-refractivity contribution in [3.8, 4) is 23.4 Å². The Hall–Kier alpha value is -3.04. The second kappa shape index (κ2) is 7.49. The van der Waals surface area contributed by atoms with Crippen LogP contribution in [0.15, 0.2) is 47.2 Å². The molecule has 6 nitrogen and oxygen atoms in total. The van der Waals surface area contributed by atoms with E-state index in [0.29, 0.717) is 17.4 Å². The summed E-state index contributed by atoms with van der Waals surface area (Å²) in [5.41, 5.74) is 2.13. The fraction of sp³-hybridized carbons (Fsp3) is 0.222. The molecule has 24 heavy (non-hydrogen) atoms. The third-order valence-electron chi connectivity index (χ3n) is 3.36. The van der Waals surface area contributed by atoms with E-state index in [-0.39, 0.29) is 6.10 Å². The van der Waals surface area contributed by atoms with E-state index in [1.807, 2.05) is 37.3 Å². The average Bonchev–Trinajstić information content (AvgIpc) is 3.12. The summed E-state index contributed by atoms with van der Waals surface area (Å²) in [5, 5.41) is 3.95. The predicted octanol–water partition coefficient (Wildman–Crippen LogP) is 3.02. The van der Waals surface area contributed by atoms with Crippen LogP contribution in [0.3, 0.4) is 0 Å². The molecule has 0 fully saturated rings. The van der Waals surface area contributed by atoms with Crippen molar-refractivity contribution >= 4 is 0 Å². The third-order valence-corrected chi connectivity index (χ3v) is 3.36. The summed E-state index contributed by atoms with van der Waals surface area (Å²) in [6, 6.07) is 9.28. The molecule has 0 aromatic carbocycles. The van der Waals surface area contributed by atoms with Crippen molar-refractivity contribution < 1.29 is 9.26 Å². The van der Waals surface area contributed by atoms with Crippen molar-refractivity contribution in [1.82, 2.24) is 20.1 Å². The number of hydrogen-bond donors (Lipinski definition) is 0. The van der Waals surface area contributed by atoms with Gasteiger partial charge in [-0.25, -0.2) is 4.98 Å². The second-order valence-corrected chi connectivity index (χ2v) is 4.99. The van der Waals surface area contributed by atoms with Gasteiger partial charge in [0, 0.05) is 25.1 Å². The van der Waals surface area contributed by atoms with E-state index in [2.05, 4.69) is 31.9 Å². The van der Waals surface area contributed by atoms with Crippen LogP contribution in [0.25, 0.3) is 11.5 Å². The maximum atomic E-state index is 5.29.